The van der Waals surface area contributed by atoms with E-state index in [9.17, 15) is 4.79 Å². The molecule has 1 N–H and O–H groups in total. The highest BCUT2D eigenvalue weighted by molar-refractivity contribution is 5.92. The molecule has 1 heterocycles. The number of rotatable bonds is 5. The highest BCUT2D eigenvalue weighted by Gasteiger charge is 2.21. The standard InChI is InChI=1S/C17H26N2O/c1-5-13(6-2)17(20)18-16-8-7-14-10-19(12(3)4)11-15(14)9-16/h7-9,12-13H,5-6,10-11H2,1-4H3,(H,18,20). The largest absolute Gasteiger partial charge is 0.326 e. The lowest BCUT2D eigenvalue weighted by atomic mass is 10.0. The van der Waals surface area contributed by atoms with Crippen molar-refractivity contribution in [2.24, 2.45) is 5.92 Å². The van der Waals surface area contributed by atoms with E-state index < -0.39 is 0 Å². The molecule has 0 bridgehead atoms. The summed E-state index contributed by atoms with van der Waals surface area (Å²) in [5, 5.41) is 3.06. The Morgan fingerprint density at radius 1 is 1.20 bits per heavy atom. The van der Waals surface area contributed by atoms with Gasteiger partial charge in [0.25, 0.3) is 0 Å². The number of amides is 1. The summed E-state index contributed by atoms with van der Waals surface area (Å²) in [6.45, 7) is 10.6. The van der Waals surface area contributed by atoms with Crippen molar-refractivity contribution in [1.29, 1.82) is 0 Å². The van der Waals surface area contributed by atoms with Crippen molar-refractivity contribution in [2.75, 3.05) is 5.32 Å². The first kappa shape index (κ1) is 15.0. The van der Waals surface area contributed by atoms with Gasteiger partial charge in [0.1, 0.15) is 0 Å². The smallest absolute Gasteiger partial charge is 0.227 e. The first-order chi connectivity index (χ1) is 9.55. The molecule has 110 valence electrons. The normalized spacial score (nSPS) is 14.9. The number of nitrogens with one attached hydrogen (secondary N) is 1. The van der Waals surface area contributed by atoms with Crippen LogP contribution in [0, 0.1) is 5.92 Å². The van der Waals surface area contributed by atoms with Crippen LogP contribution in [-0.4, -0.2) is 16.8 Å². The number of anilines is 1. The predicted molar refractivity (Wildman–Crippen MR) is 83.5 cm³/mol. The van der Waals surface area contributed by atoms with Gasteiger partial charge in [-0.15, -0.1) is 0 Å². The molecule has 2 rings (SSSR count). The van der Waals surface area contributed by atoms with Gasteiger partial charge < -0.3 is 5.32 Å². The zero-order valence-electron chi connectivity index (χ0n) is 13.1. The topological polar surface area (TPSA) is 32.3 Å². The predicted octanol–water partition coefficient (Wildman–Crippen LogP) is 3.79. The number of nitrogens with zero attached hydrogens (tertiary/aromatic N) is 1. The molecule has 3 heteroatoms. The van der Waals surface area contributed by atoms with Crippen molar-refractivity contribution in [3.63, 3.8) is 0 Å². The van der Waals surface area contributed by atoms with Crippen molar-refractivity contribution in [3.05, 3.63) is 29.3 Å². The third kappa shape index (κ3) is 3.21. The number of fused-ring (bicyclic) bond motifs is 1. The monoisotopic (exact) mass is 274 g/mol. The molecule has 0 fully saturated rings. The molecule has 20 heavy (non-hydrogen) atoms. The van der Waals surface area contributed by atoms with Crippen molar-refractivity contribution in [3.8, 4) is 0 Å². The Morgan fingerprint density at radius 3 is 2.45 bits per heavy atom. The minimum atomic E-state index is 0.121. The fourth-order valence-corrected chi connectivity index (χ4v) is 2.77. The van der Waals surface area contributed by atoms with E-state index >= 15 is 0 Å². The van der Waals surface area contributed by atoms with E-state index in [1.807, 2.05) is 6.07 Å². The van der Waals surface area contributed by atoms with Crippen LogP contribution < -0.4 is 5.32 Å². The molecule has 1 aliphatic rings. The third-order valence-corrected chi connectivity index (χ3v) is 4.31. The van der Waals surface area contributed by atoms with Gasteiger partial charge in [0.05, 0.1) is 0 Å². The maximum atomic E-state index is 12.1. The summed E-state index contributed by atoms with van der Waals surface area (Å²) < 4.78 is 0. The van der Waals surface area contributed by atoms with Gasteiger partial charge in [-0.05, 0) is 49.9 Å². The van der Waals surface area contributed by atoms with Crippen molar-refractivity contribution < 1.29 is 4.79 Å². The summed E-state index contributed by atoms with van der Waals surface area (Å²) in [6.07, 6.45) is 1.79. The molecule has 1 aliphatic heterocycles. The Kier molecular flexibility index (Phi) is 4.81. The van der Waals surface area contributed by atoms with E-state index in [2.05, 4.69) is 50.0 Å². The van der Waals surface area contributed by atoms with Gasteiger partial charge in [-0.2, -0.15) is 0 Å². The Hall–Kier alpha value is -1.35. The molecule has 0 aliphatic carbocycles. The number of benzene rings is 1. The van der Waals surface area contributed by atoms with Gasteiger partial charge >= 0.3 is 0 Å². The number of hydrogen-bond acceptors (Lipinski definition) is 2. The Morgan fingerprint density at radius 2 is 1.85 bits per heavy atom. The van der Waals surface area contributed by atoms with Crippen LogP contribution in [0.2, 0.25) is 0 Å². The van der Waals surface area contributed by atoms with E-state index in [0.29, 0.717) is 6.04 Å². The van der Waals surface area contributed by atoms with Crippen LogP contribution >= 0.6 is 0 Å². The van der Waals surface area contributed by atoms with Gasteiger partial charge in [-0.25, -0.2) is 0 Å². The summed E-state index contributed by atoms with van der Waals surface area (Å²) in [7, 11) is 0. The van der Waals surface area contributed by atoms with E-state index in [1.54, 1.807) is 0 Å². The lowest BCUT2D eigenvalue weighted by molar-refractivity contribution is -0.120. The minimum absolute atomic E-state index is 0.121. The lowest BCUT2D eigenvalue weighted by Gasteiger charge is -2.18. The van der Waals surface area contributed by atoms with E-state index in [0.717, 1.165) is 31.6 Å². The van der Waals surface area contributed by atoms with Gasteiger partial charge in [0, 0.05) is 30.7 Å². The lowest BCUT2D eigenvalue weighted by Crippen LogP contribution is -2.24. The highest BCUT2D eigenvalue weighted by atomic mass is 16.1. The van der Waals surface area contributed by atoms with Crippen molar-refractivity contribution >= 4 is 11.6 Å². The first-order valence-electron chi connectivity index (χ1n) is 7.71. The summed E-state index contributed by atoms with van der Waals surface area (Å²) >= 11 is 0. The molecule has 0 saturated carbocycles. The second-order valence-corrected chi connectivity index (χ2v) is 5.98. The van der Waals surface area contributed by atoms with E-state index in [-0.39, 0.29) is 11.8 Å². The molecule has 0 atom stereocenters. The molecule has 0 radical (unpaired) electrons. The van der Waals surface area contributed by atoms with Gasteiger partial charge in [-0.1, -0.05) is 19.9 Å². The Bertz CT molecular complexity index is 478. The van der Waals surface area contributed by atoms with Crippen LogP contribution in [0.1, 0.15) is 51.7 Å². The molecular formula is C17H26N2O. The van der Waals surface area contributed by atoms with Crippen molar-refractivity contribution in [2.45, 2.75) is 59.7 Å². The van der Waals surface area contributed by atoms with E-state index in [1.165, 1.54) is 11.1 Å². The minimum Gasteiger partial charge on any atom is -0.326 e. The zero-order chi connectivity index (χ0) is 14.7. The highest BCUT2D eigenvalue weighted by Crippen LogP contribution is 2.27. The third-order valence-electron chi connectivity index (χ3n) is 4.31. The molecule has 1 amide bonds. The zero-order valence-corrected chi connectivity index (χ0v) is 13.1. The van der Waals surface area contributed by atoms with Crippen LogP contribution in [0.4, 0.5) is 5.69 Å². The second-order valence-electron chi connectivity index (χ2n) is 5.98. The summed E-state index contributed by atoms with van der Waals surface area (Å²) in [4.78, 5) is 14.6. The maximum Gasteiger partial charge on any atom is 0.227 e. The summed E-state index contributed by atoms with van der Waals surface area (Å²) in [5.41, 5.74) is 3.67. The van der Waals surface area contributed by atoms with Crippen LogP contribution in [-0.2, 0) is 17.9 Å². The average Bonchev–Trinajstić information content (AvgIpc) is 2.83. The van der Waals surface area contributed by atoms with Crippen molar-refractivity contribution in [1.82, 2.24) is 4.90 Å². The van der Waals surface area contributed by atoms with Gasteiger partial charge in [0.15, 0.2) is 0 Å². The second kappa shape index (κ2) is 6.40. The fourth-order valence-electron chi connectivity index (χ4n) is 2.77. The Balaban J connectivity index is 2.06. The molecule has 3 nitrogen and oxygen atoms in total. The molecule has 0 unspecified atom stereocenters. The maximum absolute atomic E-state index is 12.1. The molecule has 1 aromatic rings. The van der Waals surface area contributed by atoms with Crippen LogP contribution in [0.3, 0.4) is 0 Å². The van der Waals surface area contributed by atoms with Crippen LogP contribution in [0.5, 0.6) is 0 Å². The first-order valence-corrected chi connectivity index (χ1v) is 7.71. The van der Waals surface area contributed by atoms with Gasteiger partial charge in [0.2, 0.25) is 5.91 Å². The number of carbonyl (C=O) groups is 1. The SMILES string of the molecule is CCC(CC)C(=O)Nc1ccc2c(c1)CN(C(C)C)C2. The van der Waals surface area contributed by atoms with Gasteiger partial charge in [-0.3, -0.25) is 9.69 Å². The molecule has 0 aromatic heterocycles. The quantitative estimate of drug-likeness (QED) is 0.886. The fraction of sp³-hybridized carbons (Fsp3) is 0.588. The number of hydrogen-bond donors (Lipinski definition) is 1. The molecule has 0 saturated heterocycles. The van der Waals surface area contributed by atoms with Crippen LogP contribution in [0.25, 0.3) is 0 Å². The Labute approximate surface area is 122 Å². The van der Waals surface area contributed by atoms with Crippen LogP contribution in [0.15, 0.2) is 18.2 Å². The molecule has 0 spiro atoms. The summed E-state index contributed by atoms with van der Waals surface area (Å²) in [6, 6.07) is 6.88. The molecule has 1 aromatic carbocycles. The summed E-state index contributed by atoms with van der Waals surface area (Å²) in [5.74, 6) is 0.268. The average molecular weight is 274 g/mol. The number of carbonyl (C=O) groups excluding carboxylic acids is 1. The van der Waals surface area contributed by atoms with E-state index in [4.69, 9.17) is 0 Å². The molecular weight excluding hydrogens is 248 g/mol.